The molecule has 1 aromatic carbocycles. The second-order valence-corrected chi connectivity index (χ2v) is 4.72. The zero-order valence-electron chi connectivity index (χ0n) is 10.5. The fourth-order valence-electron chi connectivity index (χ4n) is 1.06. The molecule has 0 aliphatic rings. The molecule has 0 bridgehead atoms. The van der Waals surface area contributed by atoms with Crippen molar-refractivity contribution in [2.45, 2.75) is 26.4 Å². The first-order chi connectivity index (χ1) is 8.31. The molecule has 0 radical (unpaired) electrons. The number of Topliss-reactive ketones (excluding diaryl/α,β-unsaturated/α-hetero) is 1. The van der Waals surface area contributed by atoms with Crippen molar-refractivity contribution in [2.75, 3.05) is 6.61 Å². The summed E-state index contributed by atoms with van der Waals surface area (Å²) in [4.78, 5) is 22.7. The van der Waals surface area contributed by atoms with Crippen molar-refractivity contribution >= 4 is 23.4 Å². The third-order valence-electron chi connectivity index (χ3n) is 2.39. The quantitative estimate of drug-likeness (QED) is 0.772. The Bertz CT molecular complexity index is 437. The number of hydrogen-bond acceptors (Lipinski definition) is 4. The Kier molecular flexibility index (Phi) is 4.73. The summed E-state index contributed by atoms with van der Waals surface area (Å²) in [6.07, 6.45) is 0. The van der Waals surface area contributed by atoms with E-state index in [1.54, 1.807) is 24.3 Å². The summed E-state index contributed by atoms with van der Waals surface area (Å²) in [6, 6.07) is 6.60. The average Bonchev–Trinajstić information content (AvgIpc) is 2.27. The van der Waals surface area contributed by atoms with Crippen LogP contribution in [0.2, 0.25) is 5.02 Å². The molecule has 1 aromatic rings. The van der Waals surface area contributed by atoms with Crippen LogP contribution in [0.5, 0.6) is 5.75 Å². The summed E-state index contributed by atoms with van der Waals surface area (Å²) in [5.41, 5.74) is -1.12. The lowest BCUT2D eigenvalue weighted by molar-refractivity contribution is -0.164. The Morgan fingerprint density at radius 2 is 1.78 bits per heavy atom. The highest BCUT2D eigenvalue weighted by atomic mass is 35.5. The Labute approximate surface area is 111 Å². The molecule has 0 saturated carbocycles. The van der Waals surface area contributed by atoms with Gasteiger partial charge in [-0.2, -0.15) is 0 Å². The predicted octanol–water partition coefficient (Wildman–Crippen LogP) is 2.63. The Hall–Kier alpha value is -1.55. The Morgan fingerprint density at radius 1 is 1.22 bits per heavy atom. The van der Waals surface area contributed by atoms with Crippen molar-refractivity contribution in [3.8, 4) is 5.75 Å². The molecule has 18 heavy (non-hydrogen) atoms. The van der Waals surface area contributed by atoms with Crippen LogP contribution in [0.25, 0.3) is 0 Å². The smallest absolute Gasteiger partial charge is 0.345 e. The number of halogens is 1. The van der Waals surface area contributed by atoms with Crippen LogP contribution >= 0.6 is 11.6 Å². The van der Waals surface area contributed by atoms with E-state index in [1.165, 1.54) is 20.8 Å². The molecule has 0 unspecified atom stereocenters. The molecule has 0 aliphatic heterocycles. The predicted molar refractivity (Wildman–Crippen MR) is 67.8 cm³/mol. The normalized spacial score (nSPS) is 10.9. The van der Waals surface area contributed by atoms with Crippen LogP contribution in [0.15, 0.2) is 24.3 Å². The number of benzene rings is 1. The molecule has 0 atom stereocenters. The van der Waals surface area contributed by atoms with E-state index in [1.807, 2.05) is 0 Å². The van der Waals surface area contributed by atoms with Crippen molar-refractivity contribution in [3.05, 3.63) is 29.3 Å². The molecule has 0 saturated heterocycles. The number of carbonyl (C=O) groups excluding carboxylic acids is 2. The SMILES string of the molecule is CC(=O)C(C)(C)OC(=O)COc1ccc(Cl)cc1. The molecule has 5 heteroatoms. The maximum absolute atomic E-state index is 11.5. The third-order valence-corrected chi connectivity index (χ3v) is 2.64. The van der Waals surface area contributed by atoms with Crippen molar-refractivity contribution in [3.63, 3.8) is 0 Å². The van der Waals surface area contributed by atoms with Crippen LogP contribution in [0.3, 0.4) is 0 Å². The molecule has 0 aromatic heterocycles. The Balaban J connectivity index is 2.47. The van der Waals surface area contributed by atoms with Gasteiger partial charge in [-0.05, 0) is 45.0 Å². The molecule has 0 heterocycles. The summed E-state index contributed by atoms with van der Waals surface area (Å²) in [6.45, 7) is 4.19. The highest BCUT2D eigenvalue weighted by molar-refractivity contribution is 6.30. The van der Waals surface area contributed by atoms with Crippen molar-refractivity contribution in [1.29, 1.82) is 0 Å². The van der Waals surface area contributed by atoms with Crippen molar-refractivity contribution < 1.29 is 19.1 Å². The van der Waals surface area contributed by atoms with Gasteiger partial charge >= 0.3 is 5.97 Å². The molecule has 98 valence electrons. The molecule has 4 nitrogen and oxygen atoms in total. The molecule has 0 aliphatic carbocycles. The van der Waals surface area contributed by atoms with Gasteiger partial charge in [0.25, 0.3) is 0 Å². The molecule has 0 fully saturated rings. The first-order valence-electron chi connectivity index (χ1n) is 5.42. The molecule has 0 amide bonds. The average molecular weight is 271 g/mol. The van der Waals surface area contributed by atoms with E-state index >= 15 is 0 Å². The van der Waals surface area contributed by atoms with Crippen LogP contribution in [-0.4, -0.2) is 24.0 Å². The maximum Gasteiger partial charge on any atom is 0.345 e. The van der Waals surface area contributed by atoms with Gasteiger partial charge in [-0.3, -0.25) is 4.79 Å². The maximum atomic E-state index is 11.5. The van der Waals surface area contributed by atoms with Gasteiger partial charge in [0.05, 0.1) is 0 Å². The van der Waals surface area contributed by atoms with Crippen LogP contribution in [0, 0.1) is 0 Å². The highest BCUT2D eigenvalue weighted by Crippen LogP contribution is 2.16. The summed E-state index contributed by atoms with van der Waals surface area (Å²) in [5, 5.41) is 0.586. The van der Waals surface area contributed by atoms with E-state index in [4.69, 9.17) is 21.1 Å². The number of esters is 1. The van der Waals surface area contributed by atoms with Crippen LogP contribution in [0.1, 0.15) is 20.8 Å². The lowest BCUT2D eigenvalue weighted by Crippen LogP contribution is -2.37. The van der Waals surface area contributed by atoms with E-state index in [-0.39, 0.29) is 12.4 Å². The van der Waals surface area contributed by atoms with Crippen LogP contribution in [-0.2, 0) is 14.3 Å². The van der Waals surface area contributed by atoms with Crippen LogP contribution < -0.4 is 4.74 Å². The summed E-state index contributed by atoms with van der Waals surface area (Å²) < 4.78 is 10.2. The summed E-state index contributed by atoms with van der Waals surface area (Å²) >= 11 is 5.71. The third kappa shape index (κ3) is 4.37. The van der Waals surface area contributed by atoms with E-state index in [0.29, 0.717) is 10.8 Å². The lowest BCUT2D eigenvalue weighted by atomic mass is 10.1. The van der Waals surface area contributed by atoms with Gasteiger partial charge in [-0.25, -0.2) is 4.79 Å². The number of ether oxygens (including phenoxy) is 2. The van der Waals surface area contributed by atoms with E-state index < -0.39 is 11.6 Å². The number of carbonyl (C=O) groups is 2. The van der Waals surface area contributed by atoms with Crippen molar-refractivity contribution in [1.82, 2.24) is 0 Å². The van der Waals surface area contributed by atoms with Gasteiger partial charge < -0.3 is 9.47 Å². The summed E-state index contributed by atoms with van der Waals surface area (Å²) in [7, 11) is 0. The summed E-state index contributed by atoms with van der Waals surface area (Å²) in [5.74, 6) is -0.301. The van der Waals surface area contributed by atoms with Gasteiger partial charge in [0.15, 0.2) is 18.0 Å². The fraction of sp³-hybridized carbons (Fsp3) is 0.385. The minimum absolute atomic E-state index is 0.220. The monoisotopic (exact) mass is 270 g/mol. The second-order valence-electron chi connectivity index (χ2n) is 4.28. The second kappa shape index (κ2) is 5.87. The van der Waals surface area contributed by atoms with Crippen LogP contribution in [0.4, 0.5) is 0 Å². The zero-order chi connectivity index (χ0) is 13.8. The standard InChI is InChI=1S/C13H15ClO4/c1-9(15)13(2,3)18-12(16)8-17-11-6-4-10(14)5-7-11/h4-7H,8H2,1-3H3. The van der Waals surface area contributed by atoms with Crippen molar-refractivity contribution in [2.24, 2.45) is 0 Å². The van der Waals surface area contributed by atoms with Gasteiger partial charge in [-0.1, -0.05) is 11.6 Å². The molecule has 0 spiro atoms. The molecule has 0 N–H and O–H groups in total. The number of hydrogen-bond donors (Lipinski definition) is 0. The minimum atomic E-state index is -1.12. The highest BCUT2D eigenvalue weighted by Gasteiger charge is 2.28. The zero-order valence-corrected chi connectivity index (χ0v) is 11.3. The van der Waals surface area contributed by atoms with E-state index in [2.05, 4.69) is 0 Å². The molecular formula is C13H15ClO4. The number of rotatable bonds is 5. The molecule has 1 rings (SSSR count). The van der Waals surface area contributed by atoms with Gasteiger partial charge in [0, 0.05) is 5.02 Å². The minimum Gasteiger partial charge on any atom is -0.482 e. The van der Waals surface area contributed by atoms with Gasteiger partial charge in [-0.15, -0.1) is 0 Å². The number of ketones is 1. The van der Waals surface area contributed by atoms with E-state index in [0.717, 1.165) is 0 Å². The molecular weight excluding hydrogens is 256 g/mol. The first kappa shape index (κ1) is 14.5. The fourth-order valence-corrected chi connectivity index (χ4v) is 1.18. The largest absolute Gasteiger partial charge is 0.482 e. The van der Waals surface area contributed by atoms with Gasteiger partial charge in [0.1, 0.15) is 5.75 Å². The lowest BCUT2D eigenvalue weighted by Gasteiger charge is -2.21. The Morgan fingerprint density at radius 3 is 2.28 bits per heavy atom. The van der Waals surface area contributed by atoms with E-state index in [9.17, 15) is 9.59 Å². The van der Waals surface area contributed by atoms with Gasteiger partial charge in [0.2, 0.25) is 0 Å². The first-order valence-corrected chi connectivity index (χ1v) is 5.80. The topological polar surface area (TPSA) is 52.6 Å².